The van der Waals surface area contributed by atoms with Crippen LogP contribution in [0.3, 0.4) is 0 Å². The highest BCUT2D eigenvalue weighted by Crippen LogP contribution is 2.18. The smallest absolute Gasteiger partial charge is 0.243 e. The Hall–Kier alpha value is -3.88. The zero-order valence-corrected chi connectivity index (χ0v) is 23.7. The van der Waals surface area contributed by atoms with Crippen LogP contribution in [-0.4, -0.2) is 36.4 Å². The van der Waals surface area contributed by atoms with Gasteiger partial charge in [-0.3, -0.25) is 14.4 Å². The average molecular weight is 565 g/mol. The van der Waals surface area contributed by atoms with E-state index in [-0.39, 0.29) is 37.6 Å². The van der Waals surface area contributed by atoms with Gasteiger partial charge in [-0.05, 0) is 47.4 Å². The van der Waals surface area contributed by atoms with Gasteiger partial charge in [0.25, 0.3) is 0 Å². The maximum Gasteiger partial charge on any atom is 0.243 e. The third-order valence-electron chi connectivity index (χ3n) is 6.37. The molecule has 3 aromatic carbocycles. The van der Waals surface area contributed by atoms with Crippen molar-refractivity contribution < 1.29 is 19.1 Å². The molecule has 0 saturated heterocycles. The number of benzene rings is 3. The zero-order valence-electron chi connectivity index (χ0n) is 22.9. The van der Waals surface area contributed by atoms with Gasteiger partial charge in [-0.25, -0.2) is 0 Å². The minimum absolute atomic E-state index is 0.186. The fraction of sp³-hybridized carbons (Fsp3) is 0.323. The maximum absolute atomic E-state index is 13.5. The standard InChI is InChI=1S/C31H37ClN4O4/c1-3-29(37)35-28(18-22-11-14-25(15-12-22)40-4-2)31(39)36-27(17-21-8-6-5-7-9-21)30(38)34-20-24-13-10-23(19-33)16-26(24)32/h5-16,27-28H,3-4,17-20,33H2,1-2H3,(H,34,38)(H,35,37)(H,36,39)/t27?,28-/m1/s1. The maximum atomic E-state index is 13.5. The van der Waals surface area contributed by atoms with Crippen molar-refractivity contribution in [3.8, 4) is 5.75 Å². The van der Waals surface area contributed by atoms with Crippen LogP contribution in [0, 0.1) is 0 Å². The van der Waals surface area contributed by atoms with E-state index in [2.05, 4.69) is 16.0 Å². The fourth-order valence-corrected chi connectivity index (χ4v) is 4.40. The summed E-state index contributed by atoms with van der Waals surface area (Å²) in [6.07, 6.45) is 0.757. The summed E-state index contributed by atoms with van der Waals surface area (Å²) >= 11 is 6.37. The number of hydrogen-bond donors (Lipinski definition) is 4. The molecule has 5 N–H and O–H groups in total. The normalized spacial score (nSPS) is 12.2. The van der Waals surface area contributed by atoms with Crippen molar-refractivity contribution in [3.63, 3.8) is 0 Å². The first-order chi connectivity index (χ1) is 19.3. The molecule has 1 unspecified atom stereocenters. The number of ether oxygens (including phenoxy) is 1. The molecule has 212 valence electrons. The summed E-state index contributed by atoms with van der Waals surface area (Å²) in [6, 6.07) is 20.5. The Morgan fingerprint density at radius 3 is 2.05 bits per heavy atom. The van der Waals surface area contributed by atoms with Crippen LogP contribution < -0.4 is 26.4 Å². The van der Waals surface area contributed by atoms with Gasteiger partial charge in [0.2, 0.25) is 17.7 Å². The summed E-state index contributed by atoms with van der Waals surface area (Å²) in [5, 5.41) is 9.07. The highest BCUT2D eigenvalue weighted by Gasteiger charge is 2.27. The zero-order chi connectivity index (χ0) is 28.9. The van der Waals surface area contributed by atoms with Crippen LogP contribution >= 0.6 is 11.6 Å². The predicted octanol–water partition coefficient (Wildman–Crippen LogP) is 3.68. The Labute approximate surface area is 240 Å². The van der Waals surface area contributed by atoms with E-state index < -0.39 is 18.0 Å². The fourth-order valence-electron chi connectivity index (χ4n) is 4.13. The van der Waals surface area contributed by atoms with E-state index in [1.54, 1.807) is 13.0 Å². The molecular weight excluding hydrogens is 528 g/mol. The summed E-state index contributed by atoms with van der Waals surface area (Å²) in [4.78, 5) is 39.2. The monoisotopic (exact) mass is 564 g/mol. The number of nitrogens with one attached hydrogen (secondary N) is 3. The largest absolute Gasteiger partial charge is 0.494 e. The van der Waals surface area contributed by atoms with Crippen molar-refractivity contribution >= 4 is 29.3 Å². The number of carbonyl (C=O) groups is 3. The summed E-state index contributed by atoms with van der Waals surface area (Å²) < 4.78 is 5.50. The molecule has 0 spiro atoms. The Kier molecular flexibility index (Phi) is 12.0. The molecule has 8 nitrogen and oxygen atoms in total. The van der Waals surface area contributed by atoms with Gasteiger partial charge in [0.15, 0.2) is 0 Å². The molecule has 40 heavy (non-hydrogen) atoms. The van der Waals surface area contributed by atoms with Gasteiger partial charge in [0.05, 0.1) is 6.61 Å². The van der Waals surface area contributed by atoms with Gasteiger partial charge in [-0.2, -0.15) is 0 Å². The van der Waals surface area contributed by atoms with E-state index in [0.29, 0.717) is 18.2 Å². The summed E-state index contributed by atoms with van der Waals surface area (Å²) in [6.45, 7) is 4.73. The van der Waals surface area contributed by atoms with Gasteiger partial charge >= 0.3 is 0 Å². The number of rotatable bonds is 14. The van der Waals surface area contributed by atoms with Crippen molar-refractivity contribution in [2.45, 2.75) is 58.3 Å². The number of halogens is 1. The van der Waals surface area contributed by atoms with Crippen LogP contribution in [0.4, 0.5) is 0 Å². The summed E-state index contributed by atoms with van der Waals surface area (Å²) in [5.74, 6) is -0.345. The Morgan fingerprint density at radius 1 is 0.825 bits per heavy atom. The molecule has 3 amide bonds. The van der Waals surface area contributed by atoms with E-state index in [9.17, 15) is 14.4 Å². The van der Waals surface area contributed by atoms with Crippen LogP contribution in [0.2, 0.25) is 5.02 Å². The molecule has 2 atom stereocenters. The number of amides is 3. The molecule has 3 rings (SSSR count). The lowest BCUT2D eigenvalue weighted by molar-refractivity contribution is -0.132. The van der Waals surface area contributed by atoms with Crippen molar-refractivity contribution in [2.75, 3.05) is 6.61 Å². The van der Waals surface area contributed by atoms with Gasteiger partial charge in [0, 0.05) is 37.4 Å². The Balaban J connectivity index is 1.77. The van der Waals surface area contributed by atoms with E-state index in [4.69, 9.17) is 22.1 Å². The summed E-state index contributed by atoms with van der Waals surface area (Å²) in [5.41, 5.74) is 9.04. The highest BCUT2D eigenvalue weighted by atomic mass is 35.5. The van der Waals surface area contributed by atoms with E-state index in [0.717, 1.165) is 28.0 Å². The molecule has 0 aromatic heterocycles. The third-order valence-corrected chi connectivity index (χ3v) is 6.72. The molecule has 0 bridgehead atoms. The molecule has 0 aliphatic heterocycles. The van der Waals surface area contributed by atoms with E-state index >= 15 is 0 Å². The van der Waals surface area contributed by atoms with Crippen molar-refractivity contribution in [1.29, 1.82) is 0 Å². The van der Waals surface area contributed by atoms with Gasteiger partial charge in [-0.1, -0.05) is 73.1 Å². The predicted molar refractivity (Wildman–Crippen MR) is 157 cm³/mol. The first-order valence-corrected chi connectivity index (χ1v) is 13.8. The summed E-state index contributed by atoms with van der Waals surface area (Å²) in [7, 11) is 0. The molecule has 0 radical (unpaired) electrons. The van der Waals surface area contributed by atoms with Crippen molar-refractivity contribution in [3.05, 3.63) is 100 Å². The van der Waals surface area contributed by atoms with Crippen molar-refractivity contribution in [1.82, 2.24) is 16.0 Å². The molecule has 0 heterocycles. The molecule has 3 aromatic rings. The van der Waals surface area contributed by atoms with Crippen LogP contribution in [0.15, 0.2) is 72.8 Å². The first-order valence-electron chi connectivity index (χ1n) is 13.4. The molecule has 0 aliphatic carbocycles. The SMILES string of the molecule is CCOc1ccc(C[C@@H](NC(=O)CC)C(=O)NC(Cc2ccccc2)C(=O)NCc2ccc(CN)cc2Cl)cc1. The third kappa shape index (κ3) is 9.39. The molecular formula is C31H37ClN4O4. The van der Waals surface area contributed by atoms with E-state index in [1.165, 1.54) is 0 Å². The second-order valence-electron chi connectivity index (χ2n) is 9.35. The first kappa shape index (κ1) is 30.7. The van der Waals surface area contributed by atoms with Gasteiger partial charge < -0.3 is 26.4 Å². The van der Waals surface area contributed by atoms with Gasteiger partial charge in [-0.15, -0.1) is 0 Å². The van der Waals surface area contributed by atoms with Gasteiger partial charge in [0.1, 0.15) is 17.8 Å². The lowest BCUT2D eigenvalue weighted by atomic mass is 10.0. The number of hydrogen-bond acceptors (Lipinski definition) is 5. The molecule has 0 fully saturated rings. The molecule has 9 heteroatoms. The highest BCUT2D eigenvalue weighted by molar-refractivity contribution is 6.31. The second kappa shape index (κ2) is 15.6. The van der Waals surface area contributed by atoms with Crippen molar-refractivity contribution in [2.24, 2.45) is 5.73 Å². The van der Waals surface area contributed by atoms with Crippen LogP contribution in [0.25, 0.3) is 0 Å². The average Bonchev–Trinajstić information content (AvgIpc) is 2.97. The number of carbonyl (C=O) groups excluding carboxylic acids is 3. The van der Waals surface area contributed by atoms with Crippen LogP contribution in [0.1, 0.15) is 42.5 Å². The minimum atomic E-state index is -0.877. The quantitative estimate of drug-likeness (QED) is 0.238. The second-order valence-corrected chi connectivity index (χ2v) is 9.76. The number of nitrogens with two attached hydrogens (primary N) is 1. The molecule has 0 aliphatic rings. The topological polar surface area (TPSA) is 123 Å². The lowest BCUT2D eigenvalue weighted by Gasteiger charge is -2.24. The Morgan fingerprint density at radius 2 is 1.45 bits per heavy atom. The van der Waals surface area contributed by atoms with Crippen LogP contribution in [-0.2, 0) is 40.3 Å². The van der Waals surface area contributed by atoms with E-state index in [1.807, 2.05) is 73.7 Å². The Bertz CT molecular complexity index is 1270. The minimum Gasteiger partial charge on any atom is -0.494 e. The lowest BCUT2D eigenvalue weighted by Crippen LogP contribution is -2.55. The molecule has 0 saturated carbocycles. The van der Waals surface area contributed by atoms with Crippen LogP contribution in [0.5, 0.6) is 5.75 Å².